The zero-order chi connectivity index (χ0) is 11.6. The number of ether oxygens (including phenoxy) is 1. The number of imide groups is 1. The minimum atomic E-state index is -0.647. The van der Waals surface area contributed by atoms with Crippen molar-refractivity contribution in [3.05, 3.63) is 0 Å². The van der Waals surface area contributed by atoms with Crippen LogP contribution in [0, 0.1) is 0 Å². The second-order valence-electron chi connectivity index (χ2n) is 3.43. The molecule has 0 saturated carbocycles. The summed E-state index contributed by atoms with van der Waals surface area (Å²) in [5, 5.41) is 2.16. The van der Waals surface area contributed by atoms with E-state index >= 15 is 0 Å². The van der Waals surface area contributed by atoms with E-state index in [4.69, 9.17) is 4.74 Å². The Morgan fingerprint density at radius 3 is 2.73 bits per heavy atom. The summed E-state index contributed by atoms with van der Waals surface area (Å²) in [5.41, 5.74) is 0. The largest absolute Gasteiger partial charge is 0.372 e. The van der Waals surface area contributed by atoms with E-state index in [1.54, 1.807) is 13.8 Å². The first-order valence-corrected chi connectivity index (χ1v) is 4.64. The first-order chi connectivity index (χ1) is 6.97. The van der Waals surface area contributed by atoms with E-state index in [9.17, 15) is 14.4 Å². The van der Waals surface area contributed by atoms with Crippen molar-refractivity contribution in [3.63, 3.8) is 0 Å². The number of rotatable bonds is 2. The van der Waals surface area contributed by atoms with Crippen molar-refractivity contribution in [2.75, 3.05) is 13.7 Å². The molecule has 0 aliphatic carbocycles. The molecule has 84 valence electrons. The summed E-state index contributed by atoms with van der Waals surface area (Å²) in [6.45, 7) is 3.05. The molecule has 0 spiro atoms. The zero-order valence-corrected chi connectivity index (χ0v) is 8.94. The lowest BCUT2D eigenvalue weighted by Crippen LogP contribution is -2.60. The van der Waals surface area contributed by atoms with Gasteiger partial charge in [-0.25, -0.2) is 0 Å². The molecule has 1 rings (SSSR count). The molecule has 1 saturated heterocycles. The lowest BCUT2D eigenvalue weighted by molar-refractivity contribution is -0.154. The van der Waals surface area contributed by atoms with E-state index in [1.165, 1.54) is 12.0 Å². The van der Waals surface area contributed by atoms with Gasteiger partial charge in [0.05, 0.1) is 0 Å². The van der Waals surface area contributed by atoms with Gasteiger partial charge in [-0.3, -0.25) is 19.7 Å². The predicted octanol–water partition coefficient (Wildman–Crippen LogP) is -1.11. The third-order valence-corrected chi connectivity index (χ3v) is 2.41. The minimum Gasteiger partial charge on any atom is -0.372 e. The zero-order valence-electron chi connectivity index (χ0n) is 8.94. The molecule has 6 nitrogen and oxygen atoms in total. The standard InChI is InChI=1S/C9H14N2O4/c1-5-8(13)10-7(12)4-11(5)9(14)6(2)15-3/h5-6H,4H2,1-3H3,(H,10,12,13). The molecular formula is C9H14N2O4. The molecule has 1 aliphatic rings. The van der Waals surface area contributed by atoms with Crippen LogP contribution in [-0.2, 0) is 19.1 Å². The van der Waals surface area contributed by atoms with E-state index in [1.807, 2.05) is 0 Å². The number of hydrogen-bond donors (Lipinski definition) is 1. The monoisotopic (exact) mass is 214 g/mol. The third-order valence-electron chi connectivity index (χ3n) is 2.41. The smallest absolute Gasteiger partial charge is 0.252 e. The maximum atomic E-state index is 11.7. The first-order valence-electron chi connectivity index (χ1n) is 4.64. The molecule has 3 amide bonds. The number of carbonyl (C=O) groups is 3. The summed E-state index contributed by atoms with van der Waals surface area (Å²) < 4.78 is 4.85. The molecule has 0 radical (unpaired) electrons. The molecule has 15 heavy (non-hydrogen) atoms. The van der Waals surface area contributed by atoms with Crippen molar-refractivity contribution in [1.29, 1.82) is 0 Å². The summed E-state index contributed by atoms with van der Waals surface area (Å²) >= 11 is 0. The lowest BCUT2D eigenvalue weighted by atomic mass is 10.1. The van der Waals surface area contributed by atoms with Crippen LogP contribution in [0.2, 0.25) is 0 Å². The summed E-state index contributed by atoms with van der Waals surface area (Å²) in [7, 11) is 1.40. The average molecular weight is 214 g/mol. The number of hydrogen-bond acceptors (Lipinski definition) is 4. The normalized spacial score (nSPS) is 23.7. The van der Waals surface area contributed by atoms with Crippen LogP contribution in [0.4, 0.5) is 0 Å². The molecule has 1 N–H and O–H groups in total. The van der Waals surface area contributed by atoms with Crippen molar-refractivity contribution < 1.29 is 19.1 Å². The molecule has 0 aromatic rings. The SMILES string of the molecule is COC(C)C(=O)N1CC(=O)NC(=O)C1C. The van der Waals surface area contributed by atoms with Gasteiger partial charge in [0.2, 0.25) is 11.8 Å². The number of piperazine rings is 1. The van der Waals surface area contributed by atoms with Gasteiger partial charge in [0.25, 0.3) is 5.91 Å². The molecule has 0 bridgehead atoms. The Morgan fingerprint density at radius 1 is 1.60 bits per heavy atom. The Bertz CT molecular complexity index is 302. The molecule has 1 heterocycles. The van der Waals surface area contributed by atoms with Crippen LogP contribution < -0.4 is 5.32 Å². The van der Waals surface area contributed by atoms with Gasteiger partial charge in [-0.2, -0.15) is 0 Å². The molecular weight excluding hydrogens is 200 g/mol. The number of nitrogens with zero attached hydrogens (tertiary/aromatic N) is 1. The minimum absolute atomic E-state index is 0.0978. The third kappa shape index (κ3) is 2.33. The highest BCUT2D eigenvalue weighted by atomic mass is 16.5. The van der Waals surface area contributed by atoms with Crippen LogP contribution in [-0.4, -0.2) is 48.4 Å². The molecule has 0 aromatic heterocycles. The molecule has 1 aliphatic heterocycles. The van der Waals surface area contributed by atoms with Gasteiger partial charge in [-0.15, -0.1) is 0 Å². The van der Waals surface area contributed by atoms with Gasteiger partial charge in [0.1, 0.15) is 18.7 Å². The van der Waals surface area contributed by atoms with E-state index in [0.29, 0.717) is 0 Å². The molecule has 0 aromatic carbocycles. The summed E-state index contributed by atoms with van der Waals surface area (Å²) in [5.74, 6) is -1.27. The van der Waals surface area contributed by atoms with Crippen LogP contribution in [0.15, 0.2) is 0 Å². The van der Waals surface area contributed by atoms with Crippen molar-refractivity contribution in [1.82, 2.24) is 10.2 Å². The van der Waals surface area contributed by atoms with Crippen LogP contribution in [0.25, 0.3) is 0 Å². The average Bonchev–Trinajstić information content (AvgIpc) is 2.21. The van der Waals surface area contributed by atoms with Crippen molar-refractivity contribution in [2.45, 2.75) is 26.0 Å². The maximum absolute atomic E-state index is 11.7. The summed E-state index contributed by atoms with van der Waals surface area (Å²) in [6, 6.07) is -0.632. The molecule has 1 fully saturated rings. The Balaban J connectivity index is 2.79. The van der Waals surface area contributed by atoms with Crippen LogP contribution >= 0.6 is 0 Å². The van der Waals surface area contributed by atoms with Crippen molar-refractivity contribution in [2.24, 2.45) is 0 Å². The highest BCUT2D eigenvalue weighted by Gasteiger charge is 2.35. The number of carbonyl (C=O) groups excluding carboxylic acids is 3. The number of nitrogens with one attached hydrogen (secondary N) is 1. The molecule has 2 unspecified atom stereocenters. The molecule has 2 atom stereocenters. The Kier molecular flexibility index (Phi) is 3.41. The maximum Gasteiger partial charge on any atom is 0.252 e. The second kappa shape index (κ2) is 4.39. The fraction of sp³-hybridized carbons (Fsp3) is 0.667. The Hall–Kier alpha value is -1.43. The fourth-order valence-corrected chi connectivity index (χ4v) is 1.32. The van der Waals surface area contributed by atoms with Gasteiger partial charge >= 0.3 is 0 Å². The van der Waals surface area contributed by atoms with Gasteiger partial charge in [-0.1, -0.05) is 0 Å². The van der Waals surface area contributed by atoms with Gasteiger partial charge < -0.3 is 9.64 Å². The van der Waals surface area contributed by atoms with Crippen LogP contribution in [0.3, 0.4) is 0 Å². The van der Waals surface area contributed by atoms with E-state index < -0.39 is 24.0 Å². The number of amides is 3. The van der Waals surface area contributed by atoms with Gasteiger partial charge in [0.15, 0.2) is 0 Å². The van der Waals surface area contributed by atoms with E-state index in [2.05, 4.69) is 5.32 Å². The topological polar surface area (TPSA) is 75.7 Å². The van der Waals surface area contributed by atoms with Gasteiger partial charge in [-0.05, 0) is 13.8 Å². The number of methoxy groups -OCH3 is 1. The van der Waals surface area contributed by atoms with Crippen LogP contribution in [0.1, 0.15) is 13.8 Å². The lowest BCUT2D eigenvalue weighted by Gasteiger charge is -2.33. The van der Waals surface area contributed by atoms with Crippen molar-refractivity contribution >= 4 is 17.7 Å². The highest BCUT2D eigenvalue weighted by molar-refractivity contribution is 6.04. The van der Waals surface area contributed by atoms with Gasteiger partial charge in [0, 0.05) is 7.11 Å². The second-order valence-corrected chi connectivity index (χ2v) is 3.43. The Morgan fingerprint density at radius 2 is 2.20 bits per heavy atom. The first kappa shape index (κ1) is 11.6. The Labute approximate surface area is 87.6 Å². The highest BCUT2D eigenvalue weighted by Crippen LogP contribution is 2.08. The molecule has 6 heteroatoms. The van der Waals surface area contributed by atoms with E-state index in [0.717, 1.165) is 0 Å². The van der Waals surface area contributed by atoms with Crippen LogP contribution in [0.5, 0.6) is 0 Å². The fourth-order valence-electron chi connectivity index (χ4n) is 1.32. The summed E-state index contributed by atoms with van der Waals surface area (Å²) in [6.07, 6.45) is -0.647. The summed E-state index contributed by atoms with van der Waals surface area (Å²) in [4.78, 5) is 35.3. The quantitative estimate of drug-likeness (QED) is 0.592. The predicted molar refractivity (Wildman–Crippen MR) is 50.8 cm³/mol. The van der Waals surface area contributed by atoms with Crippen molar-refractivity contribution in [3.8, 4) is 0 Å². The van der Waals surface area contributed by atoms with E-state index in [-0.39, 0.29) is 12.5 Å².